The number of rotatable bonds is 11. The summed E-state index contributed by atoms with van der Waals surface area (Å²) >= 11 is 0. The molecule has 164 valence electrons. The zero-order valence-corrected chi connectivity index (χ0v) is 18.0. The third-order valence-corrected chi connectivity index (χ3v) is 4.47. The van der Waals surface area contributed by atoms with Crippen LogP contribution in [0, 0.1) is 0 Å². The van der Waals surface area contributed by atoms with E-state index in [4.69, 9.17) is 4.74 Å². The molecule has 0 saturated carbocycles. The Balaban J connectivity index is 1.85. The molecule has 0 aromatic heterocycles. The molecule has 0 atom stereocenters. The smallest absolute Gasteiger partial charge is 0.247 e. The van der Waals surface area contributed by atoms with Gasteiger partial charge >= 0.3 is 0 Å². The van der Waals surface area contributed by atoms with E-state index < -0.39 is 0 Å². The van der Waals surface area contributed by atoms with E-state index in [0.29, 0.717) is 18.0 Å². The average Bonchev–Trinajstić information content (AvgIpc) is 2.80. The average molecular weight is 424 g/mol. The molecule has 2 rings (SSSR count). The van der Waals surface area contributed by atoms with Gasteiger partial charge in [0.1, 0.15) is 5.75 Å². The van der Waals surface area contributed by atoms with Crippen LogP contribution in [0.1, 0.15) is 25.3 Å². The van der Waals surface area contributed by atoms with Crippen LogP contribution in [0.4, 0.5) is 5.69 Å². The molecule has 0 aliphatic rings. The SMILES string of the molecule is CCCCN(CC(=O)NCC(=O)Nc1ccc(OC)cc1)C(=O)C=Cc1ccccc1. The maximum Gasteiger partial charge on any atom is 0.247 e. The first-order valence-corrected chi connectivity index (χ1v) is 10.2. The highest BCUT2D eigenvalue weighted by Gasteiger charge is 2.15. The normalized spacial score (nSPS) is 10.5. The molecule has 0 heterocycles. The Morgan fingerprint density at radius 3 is 2.35 bits per heavy atom. The van der Waals surface area contributed by atoms with Gasteiger partial charge in [-0.1, -0.05) is 43.7 Å². The van der Waals surface area contributed by atoms with Crippen molar-refractivity contribution >= 4 is 29.5 Å². The van der Waals surface area contributed by atoms with Gasteiger partial charge in [-0.3, -0.25) is 14.4 Å². The Bertz CT molecular complexity index is 879. The predicted molar refractivity (Wildman–Crippen MR) is 122 cm³/mol. The first-order chi connectivity index (χ1) is 15.0. The van der Waals surface area contributed by atoms with Gasteiger partial charge in [0.25, 0.3) is 0 Å². The first kappa shape index (κ1) is 23.7. The molecule has 0 bridgehead atoms. The van der Waals surface area contributed by atoms with Crippen molar-refractivity contribution in [1.29, 1.82) is 0 Å². The second kappa shape index (κ2) is 12.8. The Labute approximate surface area is 183 Å². The third kappa shape index (κ3) is 8.74. The van der Waals surface area contributed by atoms with E-state index in [1.54, 1.807) is 37.5 Å². The molecule has 2 aromatic carbocycles. The summed E-state index contributed by atoms with van der Waals surface area (Å²) in [5, 5.41) is 5.26. The quantitative estimate of drug-likeness (QED) is 0.544. The second-order valence-electron chi connectivity index (χ2n) is 6.91. The van der Waals surface area contributed by atoms with Crippen LogP contribution in [0.15, 0.2) is 60.7 Å². The summed E-state index contributed by atoms with van der Waals surface area (Å²) in [4.78, 5) is 38.4. The number of hydrogen-bond acceptors (Lipinski definition) is 4. The molecule has 31 heavy (non-hydrogen) atoms. The molecule has 2 N–H and O–H groups in total. The minimum absolute atomic E-state index is 0.103. The molecule has 0 radical (unpaired) electrons. The molecule has 0 aliphatic heterocycles. The van der Waals surface area contributed by atoms with E-state index in [2.05, 4.69) is 10.6 Å². The minimum atomic E-state index is -0.387. The third-order valence-electron chi connectivity index (χ3n) is 4.47. The lowest BCUT2D eigenvalue weighted by molar-refractivity contribution is -0.132. The van der Waals surface area contributed by atoms with Gasteiger partial charge in [0, 0.05) is 18.3 Å². The lowest BCUT2D eigenvalue weighted by Crippen LogP contribution is -2.42. The molecular formula is C24H29N3O4. The summed E-state index contributed by atoms with van der Waals surface area (Å²) in [6, 6.07) is 16.4. The summed E-state index contributed by atoms with van der Waals surface area (Å²) in [7, 11) is 1.56. The van der Waals surface area contributed by atoms with Crippen LogP contribution in [0.25, 0.3) is 6.08 Å². The fourth-order valence-corrected chi connectivity index (χ4v) is 2.74. The number of methoxy groups -OCH3 is 1. The van der Waals surface area contributed by atoms with E-state index in [1.807, 2.05) is 37.3 Å². The Kier molecular flexibility index (Phi) is 9.81. The van der Waals surface area contributed by atoms with Crippen molar-refractivity contribution < 1.29 is 19.1 Å². The number of carbonyl (C=O) groups is 3. The first-order valence-electron chi connectivity index (χ1n) is 10.2. The molecule has 7 nitrogen and oxygen atoms in total. The standard InChI is InChI=1S/C24H29N3O4/c1-3-4-16-27(24(30)15-10-19-8-6-5-7-9-19)18-23(29)25-17-22(28)26-20-11-13-21(31-2)14-12-20/h5-15H,3-4,16-18H2,1-2H3,(H,25,29)(H,26,28). The van der Waals surface area contributed by atoms with Gasteiger partial charge in [-0.15, -0.1) is 0 Å². The van der Waals surface area contributed by atoms with Gasteiger partial charge in [-0.25, -0.2) is 0 Å². The number of hydrogen-bond donors (Lipinski definition) is 2. The number of benzene rings is 2. The summed E-state index contributed by atoms with van der Waals surface area (Å²) in [5.74, 6) is -0.295. The number of nitrogens with one attached hydrogen (secondary N) is 2. The lowest BCUT2D eigenvalue weighted by Gasteiger charge is -2.20. The summed E-state index contributed by atoms with van der Waals surface area (Å²) in [6.45, 7) is 2.21. The maximum absolute atomic E-state index is 12.6. The number of unbranched alkanes of at least 4 members (excludes halogenated alkanes) is 1. The second-order valence-corrected chi connectivity index (χ2v) is 6.91. The van der Waals surface area contributed by atoms with E-state index >= 15 is 0 Å². The zero-order valence-electron chi connectivity index (χ0n) is 18.0. The molecule has 0 aliphatic carbocycles. The van der Waals surface area contributed by atoms with Gasteiger partial charge in [0.15, 0.2) is 0 Å². The van der Waals surface area contributed by atoms with Gasteiger partial charge in [-0.05, 0) is 42.3 Å². The predicted octanol–water partition coefficient (Wildman–Crippen LogP) is 3.09. The van der Waals surface area contributed by atoms with Crippen LogP contribution in [0.3, 0.4) is 0 Å². The monoisotopic (exact) mass is 423 g/mol. The van der Waals surface area contributed by atoms with Crippen LogP contribution >= 0.6 is 0 Å². The topological polar surface area (TPSA) is 87.7 Å². The van der Waals surface area contributed by atoms with Crippen molar-refractivity contribution in [3.63, 3.8) is 0 Å². The highest BCUT2D eigenvalue weighted by molar-refractivity contribution is 5.97. The summed E-state index contributed by atoms with van der Waals surface area (Å²) in [5.41, 5.74) is 1.51. The van der Waals surface area contributed by atoms with Crippen molar-refractivity contribution in [2.75, 3.05) is 32.1 Å². The molecule has 3 amide bonds. The zero-order chi connectivity index (χ0) is 22.5. The van der Waals surface area contributed by atoms with Crippen molar-refractivity contribution in [3.8, 4) is 5.75 Å². The molecule has 0 saturated heterocycles. The Morgan fingerprint density at radius 2 is 1.71 bits per heavy atom. The van der Waals surface area contributed by atoms with E-state index in [0.717, 1.165) is 18.4 Å². The van der Waals surface area contributed by atoms with Gasteiger partial charge < -0.3 is 20.3 Å². The van der Waals surface area contributed by atoms with Crippen LogP contribution in [-0.4, -0.2) is 49.4 Å². The molecule has 0 spiro atoms. The van der Waals surface area contributed by atoms with Gasteiger partial charge in [0.05, 0.1) is 20.2 Å². The molecular weight excluding hydrogens is 394 g/mol. The van der Waals surface area contributed by atoms with Crippen molar-refractivity contribution in [2.45, 2.75) is 19.8 Å². The number of ether oxygens (including phenoxy) is 1. The summed E-state index contributed by atoms with van der Waals surface area (Å²) < 4.78 is 5.07. The van der Waals surface area contributed by atoms with Gasteiger partial charge in [0.2, 0.25) is 17.7 Å². The fourth-order valence-electron chi connectivity index (χ4n) is 2.74. The van der Waals surface area contributed by atoms with Gasteiger partial charge in [-0.2, -0.15) is 0 Å². The lowest BCUT2D eigenvalue weighted by atomic mass is 10.2. The Morgan fingerprint density at radius 1 is 1.00 bits per heavy atom. The largest absolute Gasteiger partial charge is 0.497 e. The molecule has 0 fully saturated rings. The van der Waals surface area contributed by atoms with Crippen LogP contribution in [0.2, 0.25) is 0 Å². The molecule has 0 unspecified atom stereocenters. The Hall–Kier alpha value is -3.61. The van der Waals surface area contributed by atoms with Crippen molar-refractivity contribution in [2.24, 2.45) is 0 Å². The number of anilines is 1. The van der Waals surface area contributed by atoms with Crippen LogP contribution in [-0.2, 0) is 14.4 Å². The van der Waals surface area contributed by atoms with E-state index in [1.165, 1.54) is 11.0 Å². The highest BCUT2D eigenvalue weighted by Crippen LogP contribution is 2.14. The fraction of sp³-hybridized carbons (Fsp3) is 0.292. The highest BCUT2D eigenvalue weighted by atomic mass is 16.5. The molecule has 7 heteroatoms. The van der Waals surface area contributed by atoms with Crippen LogP contribution < -0.4 is 15.4 Å². The number of nitrogens with zero attached hydrogens (tertiary/aromatic N) is 1. The van der Waals surface area contributed by atoms with Crippen LogP contribution in [0.5, 0.6) is 5.75 Å². The van der Waals surface area contributed by atoms with Crippen molar-refractivity contribution in [3.05, 3.63) is 66.2 Å². The number of carbonyl (C=O) groups excluding carboxylic acids is 3. The van der Waals surface area contributed by atoms with E-state index in [-0.39, 0.29) is 30.8 Å². The molecule has 2 aromatic rings. The maximum atomic E-state index is 12.6. The number of amides is 3. The minimum Gasteiger partial charge on any atom is -0.497 e. The van der Waals surface area contributed by atoms with E-state index in [9.17, 15) is 14.4 Å². The van der Waals surface area contributed by atoms with Crippen molar-refractivity contribution in [1.82, 2.24) is 10.2 Å². The summed E-state index contributed by atoms with van der Waals surface area (Å²) in [6.07, 6.45) is 4.88.